The summed E-state index contributed by atoms with van der Waals surface area (Å²) in [5.41, 5.74) is 0.215. The average Bonchev–Trinajstić information content (AvgIpc) is 4.03. The second kappa shape index (κ2) is 17.0. The van der Waals surface area contributed by atoms with Crippen molar-refractivity contribution in [2.24, 2.45) is 85.8 Å². The predicted molar refractivity (Wildman–Crippen MR) is 278 cm³/mol. The molecule has 22 atom stereocenters. The molecule has 2 spiro atoms. The minimum atomic E-state index is -4.85. The summed E-state index contributed by atoms with van der Waals surface area (Å²) in [6.07, 6.45) is 7.78. The molecule has 16 nitrogen and oxygen atoms in total. The molecule has 0 aromatic heterocycles. The summed E-state index contributed by atoms with van der Waals surface area (Å²) in [6.45, 7) is 24.0. The SMILES string of the molecule is C[C@@H]([C@H]1CC[C@H]2C3=C(CC[C@]12C)[C@@]12CO[C@](O)([C@@H](O)C1)C(C)(C)C2[C@@H](OS(=O)(=O)O)C3)[C@H]1C[C@@H]2C[C@@](C)(OC2(C)C)[C@H](CC[C@@H](C)[C@H]2CC[C@H]3C4=C(CC[C@]23C)[C@@]23CO[C@](O)([C@@H](O)C2)C(C)(C)C3[C@@H](OS(=O)(=O)O)C4)O1. The third-order valence-corrected chi connectivity index (χ3v) is 26.7. The fourth-order valence-corrected chi connectivity index (χ4v) is 23.5. The van der Waals surface area contributed by atoms with E-state index in [9.17, 15) is 46.4 Å². The summed E-state index contributed by atoms with van der Waals surface area (Å²) in [5, 5.41) is 46.6. The van der Waals surface area contributed by atoms with Crippen LogP contribution in [-0.2, 0) is 48.1 Å². The molecule has 0 aromatic rings. The molecule has 6 saturated heterocycles. The van der Waals surface area contributed by atoms with Crippen molar-refractivity contribution in [3.63, 3.8) is 0 Å². The molecular weight excluding hydrogens is 1020 g/mol. The topological polar surface area (TPSA) is 245 Å². The quantitative estimate of drug-likeness (QED) is 0.0888. The van der Waals surface area contributed by atoms with Gasteiger partial charge in [0.05, 0.1) is 48.8 Å². The molecule has 18 heteroatoms. The van der Waals surface area contributed by atoms with Crippen molar-refractivity contribution in [1.82, 2.24) is 0 Å². The van der Waals surface area contributed by atoms with Crippen molar-refractivity contribution in [2.75, 3.05) is 13.2 Å². The van der Waals surface area contributed by atoms with Crippen molar-refractivity contribution >= 4 is 20.8 Å². The van der Waals surface area contributed by atoms with Crippen molar-refractivity contribution in [2.45, 2.75) is 238 Å². The fraction of sp³-hybridized carbons (Fsp3) is 0.931. The molecule has 6 heterocycles. The van der Waals surface area contributed by atoms with Gasteiger partial charge in [-0.1, -0.05) is 77.7 Å². The lowest BCUT2D eigenvalue weighted by Gasteiger charge is -2.69. The van der Waals surface area contributed by atoms with Crippen LogP contribution in [0.4, 0.5) is 0 Å². The number of fused-ring (bicyclic) bond motifs is 10. The van der Waals surface area contributed by atoms with Crippen LogP contribution in [0.2, 0.25) is 0 Å². The molecule has 430 valence electrons. The van der Waals surface area contributed by atoms with Crippen molar-refractivity contribution in [1.29, 1.82) is 0 Å². The maximum Gasteiger partial charge on any atom is 0.397 e. The van der Waals surface area contributed by atoms with E-state index in [0.29, 0.717) is 36.5 Å². The smallest absolute Gasteiger partial charge is 0.387 e. The molecule has 6 bridgehead atoms. The van der Waals surface area contributed by atoms with Gasteiger partial charge in [-0.05, 0) is 176 Å². The molecule has 8 aliphatic carbocycles. The third-order valence-electron chi connectivity index (χ3n) is 25.7. The first-order valence-electron chi connectivity index (χ1n) is 29.2. The highest BCUT2D eigenvalue weighted by Crippen LogP contribution is 2.74. The van der Waals surface area contributed by atoms with Gasteiger partial charge >= 0.3 is 20.8 Å². The molecular formula is C58H90O16S2. The number of hydrogen-bond acceptors (Lipinski definition) is 14. The van der Waals surface area contributed by atoms with Crippen molar-refractivity contribution in [3.05, 3.63) is 22.3 Å². The van der Waals surface area contributed by atoms with Crippen LogP contribution in [0.25, 0.3) is 0 Å². The summed E-state index contributed by atoms with van der Waals surface area (Å²) in [7, 11) is -9.68. The van der Waals surface area contributed by atoms with Crippen LogP contribution in [0.15, 0.2) is 22.3 Å². The molecule has 6 aliphatic heterocycles. The number of hydrogen-bond donors (Lipinski definition) is 6. The van der Waals surface area contributed by atoms with Crippen LogP contribution in [0.1, 0.15) is 179 Å². The largest absolute Gasteiger partial charge is 0.397 e. The van der Waals surface area contributed by atoms with Crippen molar-refractivity contribution < 1.29 is 73.7 Å². The zero-order chi connectivity index (χ0) is 54.9. The summed E-state index contributed by atoms with van der Waals surface area (Å²) < 4.78 is 109. The second-order valence-electron chi connectivity index (χ2n) is 29.9. The lowest BCUT2D eigenvalue weighted by atomic mass is 9.42. The molecule has 10 fully saturated rings. The minimum Gasteiger partial charge on any atom is -0.387 e. The molecule has 76 heavy (non-hydrogen) atoms. The van der Waals surface area contributed by atoms with E-state index < -0.39 is 95.9 Å². The molecule has 14 aliphatic rings. The maximum atomic E-state index is 12.6. The Morgan fingerprint density at radius 2 is 1.12 bits per heavy atom. The van der Waals surface area contributed by atoms with Gasteiger partial charge in [0.1, 0.15) is 12.2 Å². The van der Waals surface area contributed by atoms with Gasteiger partial charge in [0.2, 0.25) is 0 Å². The van der Waals surface area contributed by atoms with Gasteiger partial charge in [-0.3, -0.25) is 9.11 Å². The standard InChI is InChI=1S/C58H90O16S2/c1-30(35-13-15-37-33-23-42(72-75(63,64)65)47-49(3,4)57(61)44(59)26-55(47,28-69-57)39(33)18-20-52(35,37)9)12-17-46-54(11)25-32(51(7,8)74-54)22-41(71-46)31(2)36-14-16-38-34-24-43(73-76(66,67)68)48-50(5,6)58(62)45(60)27-56(48,29-70-58)40(34)19-21-53(36,38)10/h30-32,35-38,41-48,59-62H,12-29H2,1-11H3,(H,63,64,65)(H,66,67,68)/t30-,31+,32-,35-,36-,37+,38+,41-,42+,43+,44+,45+,46+,47?,48?,52-,53-,54-,55+,56+,57-,58-/m1/s1. The van der Waals surface area contributed by atoms with E-state index in [1.807, 2.05) is 27.7 Å². The van der Waals surface area contributed by atoms with E-state index in [-0.39, 0.29) is 72.4 Å². The van der Waals surface area contributed by atoms with E-state index in [1.54, 1.807) is 0 Å². The molecule has 14 rings (SSSR count). The van der Waals surface area contributed by atoms with Gasteiger partial charge in [-0.25, -0.2) is 8.37 Å². The summed E-state index contributed by atoms with van der Waals surface area (Å²) in [4.78, 5) is 0. The van der Waals surface area contributed by atoms with Gasteiger partial charge in [0, 0.05) is 33.5 Å². The summed E-state index contributed by atoms with van der Waals surface area (Å²) >= 11 is 0. The Labute approximate surface area is 452 Å². The van der Waals surface area contributed by atoms with Gasteiger partial charge in [0.25, 0.3) is 0 Å². The minimum absolute atomic E-state index is 0.0116. The van der Waals surface area contributed by atoms with Gasteiger partial charge in [-0.2, -0.15) is 16.8 Å². The Balaban J connectivity index is 0.791. The first-order valence-corrected chi connectivity index (χ1v) is 32.0. The molecule has 4 saturated carbocycles. The van der Waals surface area contributed by atoms with Crippen molar-refractivity contribution in [3.8, 4) is 0 Å². The molecule has 0 aromatic carbocycles. The van der Waals surface area contributed by atoms with E-state index in [4.69, 9.17) is 27.3 Å². The highest BCUT2D eigenvalue weighted by Gasteiger charge is 2.76. The van der Waals surface area contributed by atoms with Crippen LogP contribution in [0, 0.1) is 85.8 Å². The Bertz CT molecular complexity index is 2700. The molecule has 0 radical (unpaired) electrons. The molecule has 0 amide bonds. The normalized spacial score (nSPS) is 52.2. The highest BCUT2D eigenvalue weighted by atomic mass is 32.3. The lowest BCUT2D eigenvalue weighted by molar-refractivity contribution is -0.408. The Morgan fingerprint density at radius 1 is 0.658 bits per heavy atom. The third kappa shape index (κ3) is 7.45. The Morgan fingerprint density at radius 3 is 1.58 bits per heavy atom. The fourth-order valence-electron chi connectivity index (χ4n) is 22.5. The van der Waals surface area contributed by atoms with E-state index in [0.717, 1.165) is 77.0 Å². The number of aliphatic hydroxyl groups is 4. The number of rotatable bonds is 10. The van der Waals surface area contributed by atoms with E-state index in [1.165, 1.54) is 22.3 Å². The van der Waals surface area contributed by atoms with Gasteiger partial charge < -0.3 is 39.4 Å². The van der Waals surface area contributed by atoms with Gasteiger partial charge in [0.15, 0.2) is 11.6 Å². The monoisotopic (exact) mass is 1110 g/mol. The van der Waals surface area contributed by atoms with E-state index in [2.05, 4.69) is 48.5 Å². The number of aliphatic hydroxyl groups excluding tert-OH is 2. The zero-order valence-electron chi connectivity index (χ0n) is 47.0. The van der Waals surface area contributed by atoms with Crippen LogP contribution in [0.3, 0.4) is 0 Å². The average molecular weight is 1110 g/mol. The second-order valence-corrected chi connectivity index (χ2v) is 32.0. The first kappa shape index (κ1) is 55.4. The molecule has 2 unspecified atom stereocenters. The highest BCUT2D eigenvalue weighted by molar-refractivity contribution is 7.81. The Kier molecular flexibility index (Phi) is 12.4. The summed E-state index contributed by atoms with van der Waals surface area (Å²) in [5.74, 6) is -2.89. The zero-order valence-corrected chi connectivity index (χ0v) is 48.6. The van der Waals surface area contributed by atoms with Gasteiger partial charge in [-0.15, -0.1) is 0 Å². The van der Waals surface area contributed by atoms with Crippen LogP contribution in [-0.4, -0.2) is 119 Å². The van der Waals surface area contributed by atoms with Crippen LogP contribution < -0.4 is 0 Å². The molecule has 6 N–H and O–H groups in total. The maximum absolute atomic E-state index is 12.6. The van der Waals surface area contributed by atoms with Crippen LogP contribution in [0.5, 0.6) is 0 Å². The Hall–Kier alpha value is -1.10. The first-order chi connectivity index (χ1) is 35.0. The van der Waals surface area contributed by atoms with Crippen LogP contribution >= 0.6 is 0 Å². The van der Waals surface area contributed by atoms with E-state index >= 15 is 0 Å². The summed E-state index contributed by atoms with van der Waals surface area (Å²) in [6, 6.07) is 0. The number of ether oxygens (including phenoxy) is 4. The lowest BCUT2D eigenvalue weighted by Crippen LogP contribution is -2.76. The predicted octanol–water partition coefficient (Wildman–Crippen LogP) is 8.42.